The van der Waals surface area contributed by atoms with Crippen molar-refractivity contribution in [3.05, 3.63) is 77.7 Å². The van der Waals surface area contributed by atoms with Crippen LogP contribution in [-0.2, 0) is 10.0 Å². The number of methoxy groups -OCH3 is 1. The molecule has 3 heterocycles. The average Bonchev–Trinajstić information content (AvgIpc) is 3.47. The van der Waals surface area contributed by atoms with Crippen LogP contribution in [0.1, 0.15) is 5.69 Å². The highest BCUT2D eigenvalue weighted by molar-refractivity contribution is 7.92. The fraction of sp³-hybridized carbons (Fsp3) is 0.0833. The Bertz CT molecular complexity index is 1610. The number of rotatable bonds is 6. The van der Waals surface area contributed by atoms with Crippen LogP contribution in [0, 0.1) is 6.92 Å². The van der Waals surface area contributed by atoms with Gasteiger partial charge in [0.25, 0.3) is 10.0 Å². The minimum absolute atomic E-state index is 0.0795. The largest absolute Gasteiger partial charge is 0.497 e. The first-order chi connectivity index (χ1) is 16.4. The van der Waals surface area contributed by atoms with Gasteiger partial charge in [-0.2, -0.15) is 5.10 Å². The highest BCUT2D eigenvalue weighted by Gasteiger charge is 2.24. The third kappa shape index (κ3) is 4.13. The van der Waals surface area contributed by atoms with E-state index in [0.717, 1.165) is 21.6 Å². The number of pyridine rings is 1. The number of halogens is 1. The Morgan fingerprint density at radius 1 is 1.09 bits per heavy atom. The maximum Gasteiger partial charge on any atom is 0.261 e. The Hall–Kier alpha value is -3.40. The zero-order valence-electron chi connectivity index (χ0n) is 18.2. The van der Waals surface area contributed by atoms with Gasteiger partial charge in [-0.15, -0.1) is 11.3 Å². The van der Waals surface area contributed by atoms with Gasteiger partial charge >= 0.3 is 0 Å². The predicted octanol–water partition coefficient (Wildman–Crippen LogP) is 6.12. The lowest BCUT2D eigenvalue weighted by Gasteiger charge is -2.13. The monoisotopic (exact) mass is 510 g/mol. The quantitative estimate of drug-likeness (QED) is 0.286. The number of fused-ring (bicyclic) bond motifs is 1. The number of H-pyrrole nitrogens is 1. The molecule has 0 aliphatic carbocycles. The third-order valence-electron chi connectivity index (χ3n) is 5.26. The average molecular weight is 511 g/mol. The van der Waals surface area contributed by atoms with E-state index >= 15 is 0 Å². The summed E-state index contributed by atoms with van der Waals surface area (Å²) in [5.41, 5.74) is 3.72. The van der Waals surface area contributed by atoms with E-state index in [2.05, 4.69) is 14.9 Å². The number of hydrogen-bond acceptors (Lipinski definition) is 6. The molecule has 0 aliphatic rings. The molecule has 0 atom stereocenters. The molecule has 0 spiro atoms. The number of ether oxygens (including phenoxy) is 1. The summed E-state index contributed by atoms with van der Waals surface area (Å²) >= 11 is 7.52. The molecule has 5 rings (SSSR count). The van der Waals surface area contributed by atoms with E-state index in [0.29, 0.717) is 32.4 Å². The first kappa shape index (κ1) is 22.4. The van der Waals surface area contributed by atoms with Gasteiger partial charge < -0.3 is 4.74 Å². The Morgan fingerprint density at radius 3 is 2.65 bits per heavy atom. The molecule has 5 aromatic rings. The first-order valence-electron chi connectivity index (χ1n) is 10.2. The van der Waals surface area contributed by atoms with E-state index in [1.165, 1.54) is 23.5 Å². The molecule has 0 amide bonds. The molecule has 0 saturated carbocycles. The molecule has 172 valence electrons. The number of aromatic amines is 1. The molecular formula is C24H19ClN4O3S2. The maximum absolute atomic E-state index is 13.3. The van der Waals surface area contributed by atoms with E-state index in [4.69, 9.17) is 21.3 Å². The minimum atomic E-state index is -3.90. The van der Waals surface area contributed by atoms with Gasteiger partial charge in [-0.1, -0.05) is 29.8 Å². The summed E-state index contributed by atoms with van der Waals surface area (Å²) in [6.45, 7) is 1.83. The van der Waals surface area contributed by atoms with Crippen LogP contribution >= 0.6 is 22.9 Å². The summed E-state index contributed by atoms with van der Waals surface area (Å²) in [6, 6.07) is 15.5. The van der Waals surface area contributed by atoms with Crippen LogP contribution in [0.3, 0.4) is 0 Å². The van der Waals surface area contributed by atoms with Crippen molar-refractivity contribution in [1.29, 1.82) is 0 Å². The molecule has 7 nitrogen and oxygen atoms in total. The van der Waals surface area contributed by atoms with E-state index in [1.54, 1.807) is 37.7 Å². The molecule has 0 bridgehead atoms. The lowest BCUT2D eigenvalue weighted by molar-refractivity contribution is 0.415. The standard InChI is InChI=1S/C24H19ClN4O3S2/c1-14-9-20(29-34(30,31)19-8-4-6-17(25)11-19)22-21(15-5-3-7-18(10-15)32-2)23(33-24(22)28-14)16-12-26-27-13-16/h3-13H,1-2H3,(H,26,27)(H,28,29). The highest BCUT2D eigenvalue weighted by Crippen LogP contribution is 2.47. The van der Waals surface area contributed by atoms with Crippen LogP contribution in [0.15, 0.2) is 71.9 Å². The summed E-state index contributed by atoms with van der Waals surface area (Å²) in [7, 11) is -2.29. The van der Waals surface area contributed by atoms with Crippen molar-refractivity contribution >= 4 is 48.9 Å². The smallest absolute Gasteiger partial charge is 0.261 e. The van der Waals surface area contributed by atoms with E-state index in [-0.39, 0.29) is 4.90 Å². The summed E-state index contributed by atoms with van der Waals surface area (Å²) in [5, 5.41) is 7.99. The molecule has 0 radical (unpaired) electrons. The van der Waals surface area contributed by atoms with Gasteiger partial charge in [-0.05, 0) is 48.9 Å². The minimum Gasteiger partial charge on any atom is -0.497 e. The number of aromatic nitrogens is 3. The fourth-order valence-electron chi connectivity index (χ4n) is 3.77. The van der Waals surface area contributed by atoms with Gasteiger partial charge in [0.15, 0.2) is 0 Å². The van der Waals surface area contributed by atoms with Crippen molar-refractivity contribution < 1.29 is 13.2 Å². The van der Waals surface area contributed by atoms with Gasteiger partial charge in [0, 0.05) is 38.3 Å². The lowest BCUT2D eigenvalue weighted by atomic mass is 9.99. The number of hydrogen-bond donors (Lipinski definition) is 2. The maximum atomic E-state index is 13.3. The van der Waals surface area contributed by atoms with Crippen LogP contribution in [0.4, 0.5) is 5.69 Å². The van der Waals surface area contributed by atoms with Crippen molar-refractivity contribution in [2.75, 3.05) is 11.8 Å². The van der Waals surface area contributed by atoms with Crippen molar-refractivity contribution in [3.63, 3.8) is 0 Å². The predicted molar refractivity (Wildman–Crippen MR) is 136 cm³/mol. The molecule has 0 unspecified atom stereocenters. The lowest BCUT2D eigenvalue weighted by Crippen LogP contribution is -2.13. The Kier molecular flexibility index (Phi) is 5.76. The van der Waals surface area contributed by atoms with Crippen molar-refractivity contribution in [1.82, 2.24) is 15.2 Å². The van der Waals surface area contributed by atoms with Gasteiger partial charge in [0.05, 0.1) is 23.9 Å². The topological polar surface area (TPSA) is 97.0 Å². The second-order valence-electron chi connectivity index (χ2n) is 7.58. The third-order valence-corrected chi connectivity index (χ3v) is 7.99. The molecule has 0 fully saturated rings. The Labute approximate surface area is 205 Å². The number of thiophene rings is 1. The zero-order valence-corrected chi connectivity index (χ0v) is 20.6. The molecule has 0 saturated heterocycles. The summed E-state index contributed by atoms with van der Waals surface area (Å²) in [4.78, 5) is 6.41. The number of sulfonamides is 1. The SMILES string of the molecule is COc1cccc(-c2c(-c3cn[nH]c3)sc3nc(C)cc(NS(=O)(=O)c4cccc(Cl)c4)c23)c1. The van der Waals surface area contributed by atoms with Gasteiger partial charge in [0.2, 0.25) is 0 Å². The van der Waals surface area contributed by atoms with E-state index < -0.39 is 10.0 Å². The molecular weight excluding hydrogens is 492 g/mol. The molecule has 2 aromatic carbocycles. The molecule has 3 aromatic heterocycles. The normalized spacial score (nSPS) is 11.6. The number of aryl methyl sites for hydroxylation is 1. The summed E-state index contributed by atoms with van der Waals surface area (Å²) < 4.78 is 34.7. The van der Waals surface area contributed by atoms with Crippen molar-refractivity contribution in [2.45, 2.75) is 11.8 Å². The summed E-state index contributed by atoms with van der Waals surface area (Å²) in [6.07, 6.45) is 3.54. The molecule has 34 heavy (non-hydrogen) atoms. The first-order valence-corrected chi connectivity index (χ1v) is 12.9. The Morgan fingerprint density at radius 2 is 1.91 bits per heavy atom. The second-order valence-corrected chi connectivity index (χ2v) is 10.7. The van der Waals surface area contributed by atoms with Crippen LogP contribution < -0.4 is 9.46 Å². The number of nitrogens with zero attached hydrogens (tertiary/aromatic N) is 2. The molecule has 0 aliphatic heterocycles. The number of benzene rings is 2. The molecule has 10 heteroatoms. The van der Waals surface area contributed by atoms with Crippen LogP contribution in [0.5, 0.6) is 5.75 Å². The van der Waals surface area contributed by atoms with E-state index in [1.807, 2.05) is 31.2 Å². The Balaban J connectivity index is 1.78. The van der Waals surface area contributed by atoms with Crippen molar-refractivity contribution in [3.8, 4) is 27.3 Å². The van der Waals surface area contributed by atoms with Crippen LogP contribution in [0.25, 0.3) is 31.8 Å². The van der Waals surface area contributed by atoms with Gasteiger partial charge in [-0.25, -0.2) is 13.4 Å². The van der Waals surface area contributed by atoms with Gasteiger partial charge in [-0.3, -0.25) is 9.82 Å². The second kappa shape index (κ2) is 8.75. The number of anilines is 1. The number of nitrogens with one attached hydrogen (secondary N) is 2. The highest BCUT2D eigenvalue weighted by atomic mass is 35.5. The molecule has 2 N–H and O–H groups in total. The fourth-order valence-corrected chi connectivity index (χ4v) is 6.38. The van der Waals surface area contributed by atoms with Crippen LogP contribution in [0.2, 0.25) is 5.02 Å². The van der Waals surface area contributed by atoms with Gasteiger partial charge in [0.1, 0.15) is 10.6 Å². The zero-order chi connectivity index (χ0) is 23.9. The van der Waals surface area contributed by atoms with E-state index in [9.17, 15) is 8.42 Å². The summed E-state index contributed by atoms with van der Waals surface area (Å²) in [5.74, 6) is 0.691. The van der Waals surface area contributed by atoms with Crippen molar-refractivity contribution in [2.24, 2.45) is 0 Å². The van der Waals surface area contributed by atoms with Crippen LogP contribution in [-0.4, -0.2) is 30.7 Å².